The van der Waals surface area contributed by atoms with Crippen molar-refractivity contribution in [3.8, 4) is 5.75 Å². The minimum absolute atomic E-state index is 0.601. The van der Waals surface area contributed by atoms with Gasteiger partial charge in [-0.05, 0) is 30.0 Å². The van der Waals surface area contributed by atoms with Crippen molar-refractivity contribution in [2.45, 2.75) is 52.2 Å². The summed E-state index contributed by atoms with van der Waals surface area (Å²) < 4.78 is 5.35. The number of nitrogens with one attached hydrogen (secondary N) is 1. The summed E-state index contributed by atoms with van der Waals surface area (Å²) in [5.74, 6) is 1.63. The Labute approximate surface area is 129 Å². The van der Waals surface area contributed by atoms with Crippen LogP contribution in [-0.2, 0) is 6.54 Å². The zero-order valence-electron chi connectivity index (χ0n) is 13.9. The van der Waals surface area contributed by atoms with Crippen molar-refractivity contribution in [3.63, 3.8) is 0 Å². The highest BCUT2D eigenvalue weighted by atomic mass is 16.5. The van der Waals surface area contributed by atoms with Crippen LogP contribution < -0.4 is 10.1 Å². The Morgan fingerprint density at radius 1 is 1.38 bits per heavy atom. The van der Waals surface area contributed by atoms with Crippen LogP contribution in [0, 0.1) is 5.92 Å². The van der Waals surface area contributed by atoms with Gasteiger partial charge in [0.2, 0.25) is 0 Å². The molecule has 118 valence electrons. The Bertz CT molecular complexity index is 433. The zero-order valence-corrected chi connectivity index (χ0v) is 13.9. The first-order valence-electron chi connectivity index (χ1n) is 8.24. The van der Waals surface area contributed by atoms with E-state index in [4.69, 9.17) is 4.74 Å². The van der Waals surface area contributed by atoms with Crippen LogP contribution in [0.5, 0.6) is 5.75 Å². The normalized spacial score (nSPS) is 23.5. The molecule has 0 spiro atoms. The van der Waals surface area contributed by atoms with Crippen LogP contribution in [0.3, 0.4) is 0 Å². The van der Waals surface area contributed by atoms with Crippen molar-refractivity contribution in [2.24, 2.45) is 5.92 Å². The molecule has 2 rings (SSSR count). The van der Waals surface area contributed by atoms with E-state index in [1.807, 2.05) is 6.07 Å². The Balaban J connectivity index is 2.07. The van der Waals surface area contributed by atoms with Crippen molar-refractivity contribution in [1.29, 1.82) is 0 Å². The summed E-state index contributed by atoms with van der Waals surface area (Å²) >= 11 is 0. The number of nitrogens with zero attached hydrogens (tertiary/aromatic N) is 1. The van der Waals surface area contributed by atoms with E-state index in [-0.39, 0.29) is 0 Å². The Kier molecular flexibility index (Phi) is 6.07. The summed E-state index contributed by atoms with van der Waals surface area (Å²) in [4.78, 5) is 2.65. The largest absolute Gasteiger partial charge is 0.497 e. The number of piperazine rings is 1. The standard InChI is InChI=1S/C18H30N2O/c1-5-7-16-11-19-18(14(2)3)13-20(16)12-15-8-6-9-17(10-15)21-4/h6,8-10,14,16,18-19H,5,7,11-13H2,1-4H3. The molecule has 0 amide bonds. The van der Waals surface area contributed by atoms with Crippen LogP contribution in [0.25, 0.3) is 0 Å². The molecule has 0 radical (unpaired) electrons. The molecule has 1 saturated heterocycles. The average Bonchev–Trinajstić information content (AvgIpc) is 2.49. The summed E-state index contributed by atoms with van der Waals surface area (Å²) in [6.45, 7) is 10.2. The van der Waals surface area contributed by atoms with Gasteiger partial charge in [-0.3, -0.25) is 4.90 Å². The lowest BCUT2D eigenvalue weighted by atomic mass is 9.97. The van der Waals surface area contributed by atoms with Gasteiger partial charge >= 0.3 is 0 Å². The topological polar surface area (TPSA) is 24.5 Å². The molecule has 0 aliphatic carbocycles. The Hall–Kier alpha value is -1.06. The summed E-state index contributed by atoms with van der Waals surface area (Å²) in [7, 11) is 1.73. The van der Waals surface area contributed by atoms with Gasteiger partial charge in [-0.15, -0.1) is 0 Å². The second-order valence-corrected chi connectivity index (χ2v) is 6.48. The maximum atomic E-state index is 5.35. The second-order valence-electron chi connectivity index (χ2n) is 6.48. The third-order valence-corrected chi connectivity index (χ3v) is 4.51. The lowest BCUT2D eigenvalue weighted by molar-refractivity contribution is 0.0997. The van der Waals surface area contributed by atoms with Gasteiger partial charge in [-0.25, -0.2) is 0 Å². The Morgan fingerprint density at radius 2 is 2.19 bits per heavy atom. The molecule has 2 unspecified atom stereocenters. The minimum atomic E-state index is 0.601. The van der Waals surface area contributed by atoms with Crippen LogP contribution >= 0.6 is 0 Å². The van der Waals surface area contributed by atoms with Gasteiger partial charge in [0.25, 0.3) is 0 Å². The zero-order chi connectivity index (χ0) is 15.2. The average molecular weight is 290 g/mol. The van der Waals surface area contributed by atoms with Crippen molar-refractivity contribution in [1.82, 2.24) is 10.2 Å². The second kappa shape index (κ2) is 7.81. The third-order valence-electron chi connectivity index (χ3n) is 4.51. The monoisotopic (exact) mass is 290 g/mol. The maximum Gasteiger partial charge on any atom is 0.119 e. The molecule has 0 bridgehead atoms. The van der Waals surface area contributed by atoms with Crippen LogP contribution in [0.15, 0.2) is 24.3 Å². The molecule has 1 aliphatic rings. The quantitative estimate of drug-likeness (QED) is 0.870. The molecule has 3 nitrogen and oxygen atoms in total. The number of rotatable bonds is 6. The van der Waals surface area contributed by atoms with Gasteiger partial charge in [0.1, 0.15) is 5.75 Å². The van der Waals surface area contributed by atoms with Crippen LogP contribution in [-0.4, -0.2) is 37.2 Å². The molecule has 1 aromatic rings. The lowest BCUT2D eigenvalue weighted by Crippen LogP contribution is -2.57. The highest BCUT2D eigenvalue weighted by Crippen LogP contribution is 2.21. The fourth-order valence-electron chi connectivity index (χ4n) is 3.15. The first-order chi connectivity index (χ1) is 10.1. The fraction of sp³-hybridized carbons (Fsp3) is 0.667. The molecular weight excluding hydrogens is 260 g/mol. The molecule has 3 heteroatoms. The molecule has 1 heterocycles. The van der Waals surface area contributed by atoms with Crippen molar-refractivity contribution < 1.29 is 4.74 Å². The SMILES string of the molecule is CCCC1CNC(C(C)C)CN1Cc1cccc(OC)c1. The lowest BCUT2D eigenvalue weighted by Gasteiger charge is -2.42. The van der Waals surface area contributed by atoms with Crippen LogP contribution in [0.2, 0.25) is 0 Å². The molecule has 1 fully saturated rings. The first-order valence-corrected chi connectivity index (χ1v) is 8.24. The minimum Gasteiger partial charge on any atom is -0.497 e. The van der Waals surface area contributed by atoms with Crippen molar-refractivity contribution >= 4 is 0 Å². The van der Waals surface area contributed by atoms with E-state index < -0.39 is 0 Å². The highest BCUT2D eigenvalue weighted by Gasteiger charge is 2.28. The molecule has 1 aliphatic heterocycles. The van der Waals surface area contributed by atoms with Gasteiger partial charge in [-0.2, -0.15) is 0 Å². The van der Waals surface area contributed by atoms with Crippen molar-refractivity contribution in [2.75, 3.05) is 20.2 Å². The predicted molar refractivity (Wildman–Crippen MR) is 88.7 cm³/mol. The van der Waals surface area contributed by atoms with E-state index in [0.717, 1.165) is 25.4 Å². The highest BCUT2D eigenvalue weighted by molar-refractivity contribution is 5.28. The molecule has 0 saturated carbocycles. The van der Waals surface area contributed by atoms with E-state index in [9.17, 15) is 0 Å². The van der Waals surface area contributed by atoms with Crippen molar-refractivity contribution in [3.05, 3.63) is 29.8 Å². The van der Waals surface area contributed by atoms with Gasteiger partial charge in [0.15, 0.2) is 0 Å². The molecule has 1 aromatic carbocycles. The number of benzene rings is 1. The number of hydrogen-bond acceptors (Lipinski definition) is 3. The summed E-state index contributed by atoms with van der Waals surface area (Å²) in [6.07, 6.45) is 2.51. The van der Waals surface area contributed by atoms with E-state index in [1.54, 1.807) is 7.11 Å². The number of methoxy groups -OCH3 is 1. The third kappa shape index (κ3) is 4.45. The summed E-state index contributed by atoms with van der Waals surface area (Å²) in [5, 5.41) is 3.73. The Morgan fingerprint density at radius 3 is 2.86 bits per heavy atom. The predicted octanol–water partition coefficient (Wildman–Crippen LogP) is 3.29. The maximum absolute atomic E-state index is 5.35. The number of ether oxygens (including phenoxy) is 1. The first kappa shape index (κ1) is 16.3. The smallest absolute Gasteiger partial charge is 0.119 e. The molecule has 21 heavy (non-hydrogen) atoms. The van der Waals surface area contributed by atoms with E-state index in [0.29, 0.717) is 18.0 Å². The van der Waals surface area contributed by atoms with Gasteiger partial charge < -0.3 is 10.1 Å². The van der Waals surface area contributed by atoms with E-state index >= 15 is 0 Å². The van der Waals surface area contributed by atoms with Gasteiger partial charge in [0.05, 0.1) is 7.11 Å². The van der Waals surface area contributed by atoms with E-state index in [1.165, 1.54) is 18.4 Å². The molecular formula is C18H30N2O. The summed E-state index contributed by atoms with van der Waals surface area (Å²) in [5.41, 5.74) is 1.35. The molecule has 1 N–H and O–H groups in total. The van der Waals surface area contributed by atoms with E-state index in [2.05, 4.69) is 49.2 Å². The molecule has 0 aromatic heterocycles. The van der Waals surface area contributed by atoms with Gasteiger partial charge in [-0.1, -0.05) is 39.3 Å². The number of hydrogen-bond donors (Lipinski definition) is 1. The fourth-order valence-corrected chi connectivity index (χ4v) is 3.15. The van der Waals surface area contributed by atoms with Gasteiger partial charge in [0, 0.05) is 31.7 Å². The molecule has 2 atom stereocenters. The summed E-state index contributed by atoms with van der Waals surface area (Å²) in [6, 6.07) is 9.72. The van der Waals surface area contributed by atoms with Crippen LogP contribution in [0.1, 0.15) is 39.2 Å². The van der Waals surface area contributed by atoms with Crippen LogP contribution in [0.4, 0.5) is 0 Å².